The number of hydrogen-bond acceptors (Lipinski definition) is 2. The van der Waals surface area contributed by atoms with Crippen LogP contribution in [0.1, 0.15) is 5.56 Å². The second-order valence-electron chi connectivity index (χ2n) is 3.73. The van der Waals surface area contributed by atoms with Crippen molar-refractivity contribution in [1.29, 1.82) is 0 Å². The number of para-hydroxylation sites is 1. The summed E-state index contributed by atoms with van der Waals surface area (Å²) < 4.78 is 13.9. The molecule has 0 unspecified atom stereocenters. The van der Waals surface area contributed by atoms with Crippen LogP contribution in [-0.4, -0.2) is 5.11 Å². The minimum absolute atomic E-state index is 0.323. The Labute approximate surface area is 118 Å². The van der Waals surface area contributed by atoms with Crippen molar-refractivity contribution in [2.45, 2.75) is 6.54 Å². The van der Waals surface area contributed by atoms with Gasteiger partial charge in [-0.25, -0.2) is 4.39 Å². The second kappa shape index (κ2) is 5.59. The molecule has 0 amide bonds. The van der Waals surface area contributed by atoms with Crippen molar-refractivity contribution >= 4 is 33.2 Å². The van der Waals surface area contributed by atoms with Gasteiger partial charge in [0.05, 0.1) is 0 Å². The van der Waals surface area contributed by atoms with E-state index in [0.717, 1.165) is 10.2 Å². The molecular formula is C13H10BrClFNO. The van der Waals surface area contributed by atoms with Crippen molar-refractivity contribution in [2.24, 2.45) is 0 Å². The van der Waals surface area contributed by atoms with Gasteiger partial charge in [-0.3, -0.25) is 0 Å². The molecule has 94 valence electrons. The molecule has 0 saturated carbocycles. The molecule has 0 atom stereocenters. The fourth-order valence-corrected chi connectivity index (χ4v) is 2.35. The van der Waals surface area contributed by atoms with Crippen molar-refractivity contribution in [3.63, 3.8) is 0 Å². The van der Waals surface area contributed by atoms with E-state index in [1.54, 1.807) is 24.3 Å². The predicted octanol–water partition coefficient (Wildman–Crippen LogP) is 4.56. The topological polar surface area (TPSA) is 32.3 Å². The van der Waals surface area contributed by atoms with Crippen LogP contribution in [0.2, 0.25) is 5.02 Å². The zero-order valence-corrected chi connectivity index (χ0v) is 11.6. The lowest BCUT2D eigenvalue weighted by atomic mass is 10.2. The lowest BCUT2D eigenvalue weighted by Crippen LogP contribution is -2.01. The van der Waals surface area contributed by atoms with Gasteiger partial charge in [-0.2, -0.15) is 0 Å². The van der Waals surface area contributed by atoms with E-state index in [2.05, 4.69) is 21.2 Å². The van der Waals surface area contributed by atoms with E-state index in [9.17, 15) is 9.50 Å². The Morgan fingerprint density at radius 1 is 1.28 bits per heavy atom. The number of hydrogen-bond donors (Lipinski definition) is 2. The van der Waals surface area contributed by atoms with Crippen molar-refractivity contribution in [1.82, 2.24) is 0 Å². The molecule has 0 spiro atoms. The molecule has 2 nitrogen and oxygen atoms in total. The maximum atomic E-state index is 13.1. The third-order valence-electron chi connectivity index (χ3n) is 2.47. The van der Waals surface area contributed by atoms with E-state index in [1.807, 2.05) is 6.07 Å². The largest absolute Gasteiger partial charge is 0.505 e. The summed E-state index contributed by atoms with van der Waals surface area (Å²) in [6.07, 6.45) is 0. The molecule has 0 saturated heterocycles. The van der Waals surface area contributed by atoms with Crippen LogP contribution in [0.15, 0.2) is 40.9 Å². The average Bonchev–Trinajstić information content (AvgIpc) is 2.33. The van der Waals surface area contributed by atoms with Crippen LogP contribution < -0.4 is 5.32 Å². The molecule has 0 aromatic heterocycles. The predicted molar refractivity (Wildman–Crippen MR) is 74.5 cm³/mol. The van der Waals surface area contributed by atoms with Crippen LogP contribution in [0.5, 0.6) is 5.75 Å². The normalized spacial score (nSPS) is 10.4. The maximum Gasteiger partial charge on any atom is 0.165 e. The van der Waals surface area contributed by atoms with E-state index in [-0.39, 0.29) is 5.75 Å². The van der Waals surface area contributed by atoms with Crippen LogP contribution >= 0.6 is 27.5 Å². The summed E-state index contributed by atoms with van der Waals surface area (Å²) in [6, 6.07) is 9.76. The van der Waals surface area contributed by atoms with Crippen molar-refractivity contribution in [3.8, 4) is 5.75 Å². The molecule has 0 heterocycles. The molecule has 18 heavy (non-hydrogen) atoms. The van der Waals surface area contributed by atoms with Gasteiger partial charge in [-0.15, -0.1) is 0 Å². The SMILES string of the molecule is Oc1c(F)cccc1CNc1ccc(Cl)cc1Br. The highest BCUT2D eigenvalue weighted by Crippen LogP contribution is 2.27. The first-order valence-electron chi connectivity index (χ1n) is 5.23. The lowest BCUT2D eigenvalue weighted by molar-refractivity contribution is 0.427. The van der Waals surface area contributed by atoms with E-state index < -0.39 is 5.82 Å². The third kappa shape index (κ3) is 2.94. The lowest BCUT2D eigenvalue weighted by Gasteiger charge is -2.10. The Morgan fingerprint density at radius 2 is 2.06 bits per heavy atom. The molecule has 0 aliphatic rings. The molecule has 5 heteroatoms. The van der Waals surface area contributed by atoms with Crippen molar-refractivity contribution in [3.05, 3.63) is 57.3 Å². The van der Waals surface area contributed by atoms with Gasteiger partial charge in [0, 0.05) is 27.3 Å². The molecule has 0 radical (unpaired) electrons. The average molecular weight is 331 g/mol. The Morgan fingerprint density at radius 3 is 2.78 bits per heavy atom. The van der Waals surface area contributed by atoms with Crippen LogP contribution in [0.3, 0.4) is 0 Å². The Kier molecular flexibility index (Phi) is 4.09. The summed E-state index contributed by atoms with van der Waals surface area (Å²) in [5.74, 6) is -0.945. The second-order valence-corrected chi connectivity index (χ2v) is 5.02. The highest BCUT2D eigenvalue weighted by Gasteiger charge is 2.07. The van der Waals surface area contributed by atoms with Gasteiger partial charge >= 0.3 is 0 Å². The van der Waals surface area contributed by atoms with Gasteiger partial charge in [0.1, 0.15) is 0 Å². The fraction of sp³-hybridized carbons (Fsp3) is 0.0769. The number of nitrogens with one attached hydrogen (secondary N) is 1. The third-order valence-corrected chi connectivity index (χ3v) is 3.36. The van der Waals surface area contributed by atoms with Crippen LogP contribution in [0, 0.1) is 5.82 Å². The van der Waals surface area contributed by atoms with Crippen LogP contribution in [0.25, 0.3) is 0 Å². The number of aromatic hydroxyl groups is 1. The van der Waals surface area contributed by atoms with Gasteiger partial charge < -0.3 is 10.4 Å². The molecule has 0 aliphatic carbocycles. The number of phenolic OH excluding ortho intramolecular Hbond substituents is 1. The van der Waals surface area contributed by atoms with Crippen molar-refractivity contribution < 1.29 is 9.50 Å². The smallest absolute Gasteiger partial charge is 0.165 e. The number of rotatable bonds is 3. The fourth-order valence-electron chi connectivity index (χ4n) is 1.53. The first-order valence-corrected chi connectivity index (χ1v) is 6.40. The maximum absolute atomic E-state index is 13.1. The molecule has 0 bridgehead atoms. The number of phenols is 1. The van der Waals surface area contributed by atoms with E-state index in [4.69, 9.17) is 11.6 Å². The van der Waals surface area contributed by atoms with Crippen LogP contribution in [0.4, 0.5) is 10.1 Å². The van der Waals surface area contributed by atoms with E-state index in [0.29, 0.717) is 17.1 Å². The Balaban J connectivity index is 2.14. The molecule has 2 rings (SSSR count). The Bertz CT molecular complexity index is 577. The standard InChI is InChI=1S/C13H10BrClFNO/c14-10-6-9(15)4-5-12(10)17-7-8-2-1-3-11(16)13(8)18/h1-6,17-18H,7H2. The quantitative estimate of drug-likeness (QED) is 0.864. The molecule has 2 N–H and O–H groups in total. The number of halogens is 3. The summed E-state index contributed by atoms with van der Waals surface area (Å²) in [5, 5.41) is 13.3. The highest BCUT2D eigenvalue weighted by atomic mass is 79.9. The zero-order valence-electron chi connectivity index (χ0n) is 9.25. The zero-order chi connectivity index (χ0) is 13.1. The monoisotopic (exact) mass is 329 g/mol. The minimum Gasteiger partial charge on any atom is -0.505 e. The summed E-state index contributed by atoms with van der Waals surface area (Å²) >= 11 is 9.20. The summed E-state index contributed by atoms with van der Waals surface area (Å²) in [4.78, 5) is 0. The highest BCUT2D eigenvalue weighted by molar-refractivity contribution is 9.10. The van der Waals surface area contributed by atoms with E-state index in [1.165, 1.54) is 6.07 Å². The van der Waals surface area contributed by atoms with E-state index >= 15 is 0 Å². The van der Waals surface area contributed by atoms with Crippen molar-refractivity contribution in [2.75, 3.05) is 5.32 Å². The van der Waals surface area contributed by atoms with Gasteiger partial charge in [-0.05, 0) is 40.2 Å². The number of benzene rings is 2. The minimum atomic E-state index is -0.621. The summed E-state index contributed by atoms with van der Waals surface area (Å²) in [6.45, 7) is 0.323. The first-order chi connectivity index (χ1) is 8.58. The van der Waals surface area contributed by atoms with Gasteiger partial charge in [0.25, 0.3) is 0 Å². The molecule has 0 aliphatic heterocycles. The molecule has 2 aromatic rings. The molecule has 0 fully saturated rings. The molecular weight excluding hydrogens is 321 g/mol. The van der Waals surface area contributed by atoms with Gasteiger partial charge in [0.15, 0.2) is 11.6 Å². The molecule has 2 aromatic carbocycles. The Hall–Kier alpha value is -1.26. The van der Waals surface area contributed by atoms with Crippen LogP contribution in [-0.2, 0) is 6.54 Å². The summed E-state index contributed by atoms with van der Waals surface area (Å²) in [7, 11) is 0. The van der Waals surface area contributed by atoms with Gasteiger partial charge in [0.2, 0.25) is 0 Å². The van der Waals surface area contributed by atoms with Gasteiger partial charge in [-0.1, -0.05) is 23.7 Å². The number of anilines is 1. The summed E-state index contributed by atoms with van der Waals surface area (Å²) in [5.41, 5.74) is 1.32. The first kappa shape index (κ1) is 13.2.